The van der Waals surface area contributed by atoms with Crippen molar-refractivity contribution in [1.82, 2.24) is 0 Å². The molecule has 102 valence electrons. The van der Waals surface area contributed by atoms with Crippen molar-refractivity contribution in [3.05, 3.63) is 0 Å². The summed E-state index contributed by atoms with van der Waals surface area (Å²) < 4.78 is 0. The zero-order chi connectivity index (χ0) is 12.8. The van der Waals surface area contributed by atoms with Gasteiger partial charge in [-0.3, -0.25) is 0 Å². The smallest absolute Gasteiger partial charge is 0.0355 e. The summed E-state index contributed by atoms with van der Waals surface area (Å²) in [5, 5.41) is 0. The molecule has 0 aromatic heterocycles. The third-order valence-corrected chi connectivity index (χ3v) is 5.09. The van der Waals surface area contributed by atoms with E-state index in [9.17, 15) is 0 Å². The van der Waals surface area contributed by atoms with Crippen molar-refractivity contribution in [2.45, 2.75) is 79.6 Å². The van der Waals surface area contributed by atoms with Crippen LogP contribution in [0.3, 0.4) is 0 Å². The molecule has 1 saturated carbocycles. The molecule has 1 aliphatic rings. The molecule has 0 amide bonds. The van der Waals surface area contributed by atoms with Gasteiger partial charge in [-0.2, -0.15) is 0 Å². The minimum Gasteiger partial charge on any atom is -0.0654 e. The van der Waals surface area contributed by atoms with E-state index in [4.69, 9.17) is 0 Å². The predicted molar refractivity (Wildman–Crippen MR) is 78.1 cm³/mol. The van der Waals surface area contributed by atoms with E-state index in [2.05, 4.69) is 34.6 Å². The summed E-state index contributed by atoms with van der Waals surface area (Å²) in [7, 11) is 0. The molecule has 0 aromatic carbocycles. The molecule has 0 N–H and O–H groups in total. The van der Waals surface area contributed by atoms with Gasteiger partial charge >= 0.3 is 0 Å². The Morgan fingerprint density at radius 3 is 2.24 bits per heavy atom. The van der Waals surface area contributed by atoms with E-state index in [1.54, 1.807) is 0 Å². The maximum Gasteiger partial charge on any atom is -0.0355 e. The van der Waals surface area contributed by atoms with Gasteiger partial charge in [0.15, 0.2) is 0 Å². The fourth-order valence-electron chi connectivity index (χ4n) is 4.09. The third kappa shape index (κ3) is 4.30. The summed E-state index contributed by atoms with van der Waals surface area (Å²) in [5.74, 6) is 4.97. The molecule has 0 radical (unpaired) electrons. The third-order valence-electron chi connectivity index (χ3n) is 5.09. The monoisotopic (exact) mass is 238 g/mol. The van der Waals surface area contributed by atoms with Gasteiger partial charge in [-0.15, -0.1) is 0 Å². The highest BCUT2D eigenvalue weighted by Gasteiger charge is 2.36. The second kappa shape index (κ2) is 7.44. The van der Waals surface area contributed by atoms with Gasteiger partial charge in [-0.25, -0.2) is 0 Å². The summed E-state index contributed by atoms with van der Waals surface area (Å²) >= 11 is 0. The van der Waals surface area contributed by atoms with Gasteiger partial charge in [0.25, 0.3) is 0 Å². The highest BCUT2D eigenvalue weighted by molar-refractivity contribution is 4.86. The molecule has 1 aliphatic carbocycles. The normalized spacial score (nSPS) is 31.1. The zero-order valence-corrected chi connectivity index (χ0v) is 12.8. The van der Waals surface area contributed by atoms with Crippen molar-refractivity contribution in [1.29, 1.82) is 0 Å². The van der Waals surface area contributed by atoms with Crippen LogP contribution in [0.5, 0.6) is 0 Å². The van der Waals surface area contributed by atoms with Crippen molar-refractivity contribution >= 4 is 0 Å². The average Bonchev–Trinajstić information content (AvgIpc) is 2.65. The first-order valence-electron chi connectivity index (χ1n) is 8.10. The Morgan fingerprint density at radius 2 is 1.71 bits per heavy atom. The molecule has 0 bridgehead atoms. The lowest BCUT2D eigenvalue weighted by atomic mass is 9.75. The van der Waals surface area contributed by atoms with E-state index >= 15 is 0 Å². The second-order valence-corrected chi connectivity index (χ2v) is 6.81. The Bertz CT molecular complexity index is 194. The molecule has 0 saturated heterocycles. The lowest BCUT2D eigenvalue weighted by Gasteiger charge is -2.30. The molecule has 0 nitrogen and oxygen atoms in total. The average molecular weight is 238 g/mol. The first kappa shape index (κ1) is 15.1. The van der Waals surface area contributed by atoms with E-state index in [0.717, 1.165) is 29.6 Å². The van der Waals surface area contributed by atoms with Crippen LogP contribution in [0.15, 0.2) is 0 Å². The maximum atomic E-state index is 2.49. The molecule has 0 heteroatoms. The molecular formula is C17H34. The summed E-state index contributed by atoms with van der Waals surface area (Å²) in [6.07, 6.45) is 10.2. The lowest BCUT2D eigenvalue weighted by Crippen LogP contribution is -2.21. The van der Waals surface area contributed by atoms with E-state index in [-0.39, 0.29) is 0 Å². The molecule has 17 heavy (non-hydrogen) atoms. The topological polar surface area (TPSA) is 0 Å². The Hall–Kier alpha value is 0. The minimum absolute atomic E-state index is 0.883. The summed E-state index contributed by atoms with van der Waals surface area (Å²) in [5.41, 5.74) is 0. The van der Waals surface area contributed by atoms with Crippen LogP contribution >= 0.6 is 0 Å². The summed E-state index contributed by atoms with van der Waals surface area (Å²) in [6, 6.07) is 0. The number of hydrogen-bond acceptors (Lipinski definition) is 0. The van der Waals surface area contributed by atoms with Crippen LogP contribution in [0.2, 0.25) is 0 Å². The van der Waals surface area contributed by atoms with Crippen molar-refractivity contribution in [3.63, 3.8) is 0 Å². The summed E-state index contributed by atoms with van der Waals surface area (Å²) in [4.78, 5) is 0. The predicted octanol–water partition coefficient (Wildman–Crippen LogP) is 5.91. The van der Waals surface area contributed by atoms with Crippen LogP contribution in [0, 0.1) is 29.6 Å². The zero-order valence-electron chi connectivity index (χ0n) is 12.8. The summed E-state index contributed by atoms with van der Waals surface area (Å²) in [6.45, 7) is 12.0. The van der Waals surface area contributed by atoms with Crippen molar-refractivity contribution < 1.29 is 0 Å². The molecule has 0 heterocycles. The Balaban J connectivity index is 2.56. The molecule has 0 aliphatic heterocycles. The lowest BCUT2D eigenvalue weighted by molar-refractivity contribution is 0.197. The van der Waals surface area contributed by atoms with Crippen LogP contribution < -0.4 is 0 Å². The SMILES string of the molecule is CCCC(CCC(C)C)C1CCC(C)C1CC. The van der Waals surface area contributed by atoms with Crippen LogP contribution in [-0.4, -0.2) is 0 Å². The van der Waals surface area contributed by atoms with Gasteiger partial charge in [-0.1, -0.05) is 66.7 Å². The molecule has 1 fully saturated rings. The second-order valence-electron chi connectivity index (χ2n) is 6.81. The highest BCUT2D eigenvalue weighted by Crippen LogP contribution is 2.45. The molecular weight excluding hydrogens is 204 g/mol. The molecule has 4 unspecified atom stereocenters. The quantitative estimate of drug-likeness (QED) is 0.517. The van der Waals surface area contributed by atoms with Crippen molar-refractivity contribution in [2.75, 3.05) is 0 Å². The van der Waals surface area contributed by atoms with Gasteiger partial charge in [0.1, 0.15) is 0 Å². The molecule has 0 spiro atoms. The number of rotatable bonds is 7. The fourth-order valence-corrected chi connectivity index (χ4v) is 4.09. The van der Waals surface area contributed by atoms with E-state index in [0.29, 0.717) is 0 Å². The van der Waals surface area contributed by atoms with Gasteiger partial charge in [0.05, 0.1) is 0 Å². The Kier molecular flexibility index (Phi) is 6.59. The van der Waals surface area contributed by atoms with Crippen LogP contribution in [-0.2, 0) is 0 Å². The van der Waals surface area contributed by atoms with E-state index < -0.39 is 0 Å². The molecule has 0 aromatic rings. The van der Waals surface area contributed by atoms with Gasteiger partial charge in [-0.05, 0) is 42.4 Å². The number of hydrogen-bond donors (Lipinski definition) is 0. The fraction of sp³-hybridized carbons (Fsp3) is 1.00. The molecule has 4 atom stereocenters. The highest BCUT2D eigenvalue weighted by atomic mass is 14.4. The standard InChI is InChI=1S/C17H34/c1-6-8-15(11-9-13(3)4)17-12-10-14(5)16(17)7-2/h13-17H,6-12H2,1-5H3. The van der Waals surface area contributed by atoms with Crippen molar-refractivity contribution in [2.24, 2.45) is 29.6 Å². The first-order valence-corrected chi connectivity index (χ1v) is 8.10. The minimum atomic E-state index is 0.883. The van der Waals surface area contributed by atoms with E-state index in [1.807, 2.05) is 0 Å². The van der Waals surface area contributed by atoms with Crippen LogP contribution in [0.25, 0.3) is 0 Å². The largest absolute Gasteiger partial charge is 0.0654 e. The van der Waals surface area contributed by atoms with Gasteiger partial charge in [0, 0.05) is 0 Å². The van der Waals surface area contributed by atoms with Crippen molar-refractivity contribution in [3.8, 4) is 0 Å². The first-order chi connectivity index (χ1) is 8.10. The van der Waals surface area contributed by atoms with Crippen LogP contribution in [0.1, 0.15) is 79.6 Å². The van der Waals surface area contributed by atoms with Gasteiger partial charge < -0.3 is 0 Å². The molecule has 1 rings (SSSR count). The maximum absolute atomic E-state index is 2.49. The Morgan fingerprint density at radius 1 is 1.00 bits per heavy atom. The van der Waals surface area contributed by atoms with Gasteiger partial charge in [0.2, 0.25) is 0 Å². The van der Waals surface area contributed by atoms with E-state index in [1.165, 1.54) is 44.9 Å². The Labute approximate surface area is 110 Å². The van der Waals surface area contributed by atoms with Crippen LogP contribution in [0.4, 0.5) is 0 Å².